The first-order valence-corrected chi connectivity index (χ1v) is 7.96. The van der Waals surface area contributed by atoms with E-state index in [9.17, 15) is 13.2 Å². The molecule has 17 heavy (non-hydrogen) atoms. The number of sulfonamides is 1. The summed E-state index contributed by atoms with van der Waals surface area (Å²) in [5.41, 5.74) is 0.596. The molecule has 0 spiro atoms. The fourth-order valence-electron chi connectivity index (χ4n) is 1.35. The van der Waals surface area contributed by atoms with Gasteiger partial charge in [-0.15, -0.1) is 0 Å². The Morgan fingerprint density at radius 3 is 2.82 bits per heavy atom. The van der Waals surface area contributed by atoms with Crippen LogP contribution in [0.15, 0.2) is 10.2 Å². The van der Waals surface area contributed by atoms with Crippen molar-refractivity contribution in [3.05, 3.63) is 20.7 Å². The number of hydrogen-bond donors (Lipinski definition) is 3. The minimum Gasteiger partial charge on any atom is -0.315 e. The molecule has 96 valence electrons. The summed E-state index contributed by atoms with van der Waals surface area (Å²) in [6.07, 6.45) is 2.28. The van der Waals surface area contributed by atoms with E-state index in [1.165, 1.54) is 0 Å². The minimum absolute atomic E-state index is 0.0673. The fraction of sp³-hybridized carbons (Fsp3) is 0.667. The van der Waals surface area contributed by atoms with Gasteiger partial charge in [-0.3, -0.25) is 4.79 Å². The van der Waals surface area contributed by atoms with Gasteiger partial charge in [-0.2, -0.15) is 0 Å². The summed E-state index contributed by atoms with van der Waals surface area (Å²) in [4.78, 5) is 13.2. The third-order valence-corrected chi connectivity index (χ3v) is 4.48. The second-order valence-corrected chi connectivity index (χ2v) is 6.81. The van der Waals surface area contributed by atoms with Crippen LogP contribution in [0.3, 0.4) is 0 Å². The smallest absolute Gasteiger partial charge is 0.304 e. The fourth-order valence-corrected chi connectivity index (χ4v) is 2.83. The van der Waals surface area contributed by atoms with Gasteiger partial charge in [0.15, 0.2) is 0 Å². The maximum absolute atomic E-state index is 11.6. The Morgan fingerprint density at radius 1 is 1.47 bits per heavy atom. The summed E-state index contributed by atoms with van der Waals surface area (Å²) in [5, 5.41) is 4.76. The molecule has 0 aromatic carbocycles. The Hall–Kier alpha value is -0.700. The van der Waals surface area contributed by atoms with Crippen LogP contribution in [-0.2, 0) is 16.6 Å². The van der Waals surface area contributed by atoms with Crippen molar-refractivity contribution in [1.29, 1.82) is 0 Å². The SMILES string of the molecule is O=c1[nH]c(CNS(=O)(=O)CCNC2CC2)cs1. The topological polar surface area (TPSA) is 91.1 Å². The normalized spacial score (nSPS) is 16.2. The molecule has 1 aromatic heterocycles. The van der Waals surface area contributed by atoms with E-state index in [4.69, 9.17) is 0 Å². The Morgan fingerprint density at radius 2 is 2.24 bits per heavy atom. The largest absolute Gasteiger partial charge is 0.315 e. The summed E-state index contributed by atoms with van der Waals surface area (Å²) in [5.74, 6) is 0.0673. The molecule has 0 bridgehead atoms. The van der Waals surface area contributed by atoms with Crippen molar-refractivity contribution in [1.82, 2.24) is 15.0 Å². The highest BCUT2D eigenvalue weighted by molar-refractivity contribution is 7.89. The lowest BCUT2D eigenvalue weighted by molar-refractivity contribution is 0.575. The van der Waals surface area contributed by atoms with Crippen LogP contribution in [0.4, 0.5) is 0 Å². The van der Waals surface area contributed by atoms with Crippen LogP contribution >= 0.6 is 11.3 Å². The van der Waals surface area contributed by atoms with E-state index in [1.807, 2.05) is 0 Å². The predicted octanol–water partition coefficient (Wildman–Crippen LogP) is -0.392. The lowest BCUT2D eigenvalue weighted by Crippen LogP contribution is -2.32. The highest BCUT2D eigenvalue weighted by Gasteiger charge is 2.21. The number of H-pyrrole nitrogens is 1. The number of rotatable bonds is 7. The first kappa shape index (κ1) is 12.7. The molecule has 1 aromatic rings. The zero-order valence-corrected chi connectivity index (χ0v) is 10.9. The van der Waals surface area contributed by atoms with Gasteiger partial charge in [-0.05, 0) is 12.8 Å². The zero-order chi connectivity index (χ0) is 12.3. The minimum atomic E-state index is -3.27. The van der Waals surface area contributed by atoms with Crippen molar-refractivity contribution in [3.8, 4) is 0 Å². The van der Waals surface area contributed by atoms with Crippen molar-refractivity contribution in [3.63, 3.8) is 0 Å². The Balaban J connectivity index is 1.73. The highest BCUT2D eigenvalue weighted by atomic mass is 32.2. The summed E-state index contributed by atoms with van der Waals surface area (Å²) < 4.78 is 25.6. The third-order valence-electron chi connectivity index (χ3n) is 2.43. The molecule has 6 nitrogen and oxygen atoms in total. The Bertz CT molecular complexity index is 516. The number of aromatic amines is 1. The molecular weight excluding hydrogens is 262 g/mol. The van der Waals surface area contributed by atoms with E-state index in [1.54, 1.807) is 5.38 Å². The second kappa shape index (κ2) is 5.30. The monoisotopic (exact) mass is 277 g/mol. The molecule has 1 heterocycles. The molecular formula is C9H15N3O3S2. The molecule has 0 amide bonds. The second-order valence-electron chi connectivity index (χ2n) is 4.04. The van der Waals surface area contributed by atoms with Gasteiger partial charge in [-0.1, -0.05) is 11.3 Å². The van der Waals surface area contributed by atoms with Gasteiger partial charge >= 0.3 is 4.87 Å². The first-order chi connectivity index (χ1) is 8.05. The molecule has 0 saturated heterocycles. The van der Waals surface area contributed by atoms with Crippen molar-refractivity contribution in [2.45, 2.75) is 25.4 Å². The van der Waals surface area contributed by atoms with Crippen LogP contribution in [0.1, 0.15) is 18.5 Å². The number of hydrogen-bond acceptors (Lipinski definition) is 5. The van der Waals surface area contributed by atoms with Crippen LogP contribution in [-0.4, -0.2) is 31.7 Å². The molecule has 1 aliphatic rings. The quantitative estimate of drug-likeness (QED) is 0.633. The van der Waals surface area contributed by atoms with Crippen molar-refractivity contribution in [2.75, 3.05) is 12.3 Å². The van der Waals surface area contributed by atoms with E-state index in [-0.39, 0.29) is 17.2 Å². The van der Waals surface area contributed by atoms with Crippen LogP contribution in [0, 0.1) is 0 Å². The molecule has 1 aliphatic carbocycles. The number of aromatic nitrogens is 1. The van der Waals surface area contributed by atoms with Crippen molar-refractivity contribution < 1.29 is 8.42 Å². The van der Waals surface area contributed by atoms with Gasteiger partial charge in [0.1, 0.15) is 0 Å². The van der Waals surface area contributed by atoms with E-state index in [0.717, 1.165) is 24.2 Å². The zero-order valence-electron chi connectivity index (χ0n) is 9.23. The summed E-state index contributed by atoms with van der Waals surface area (Å²) >= 11 is 1.03. The van der Waals surface area contributed by atoms with Gasteiger partial charge in [0.2, 0.25) is 10.0 Å². The van der Waals surface area contributed by atoms with Crippen LogP contribution in [0.5, 0.6) is 0 Å². The average molecular weight is 277 g/mol. The molecule has 0 aliphatic heterocycles. The van der Waals surface area contributed by atoms with E-state index >= 15 is 0 Å². The first-order valence-electron chi connectivity index (χ1n) is 5.42. The molecule has 8 heteroatoms. The Labute approximate surface area is 103 Å². The average Bonchev–Trinajstić information content (AvgIpc) is 2.98. The van der Waals surface area contributed by atoms with Crippen LogP contribution < -0.4 is 14.9 Å². The van der Waals surface area contributed by atoms with Crippen molar-refractivity contribution >= 4 is 21.4 Å². The van der Waals surface area contributed by atoms with E-state index in [0.29, 0.717) is 18.3 Å². The maximum Gasteiger partial charge on any atom is 0.304 e. The van der Waals surface area contributed by atoms with Crippen LogP contribution in [0.2, 0.25) is 0 Å². The molecule has 1 fully saturated rings. The van der Waals surface area contributed by atoms with Gasteiger partial charge in [0.25, 0.3) is 0 Å². The highest BCUT2D eigenvalue weighted by Crippen LogP contribution is 2.17. The molecule has 0 atom stereocenters. The summed E-state index contributed by atoms with van der Waals surface area (Å²) in [6, 6.07) is 0.512. The van der Waals surface area contributed by atoms with Gasteiger partial charge in [0.05, 0.1) is 12.3 Å². The summed E-state index contributed by atoms with van der Waals surface area (Å²) in [7, 11) is -3.27. The molecule has 2 rings (SSSR count). The molecule has 1 saturated carbocycles. The van der Waals surface area contributed by atoms with E-state index < -0.39 is 10.0 Å². The number of nitrogens with one attached hydrogen (secondary N) is 3. The molecule has 0 radical (unpaired) electrons. The maximum atomic E-state index is 11.6. The third kappa shape index (κ3) is 4.58. The lowest BCUT2D eigenvalue weighted by atomic mass is 10.5. The molecule has 3 N–H and O–H groups in total. The van der Waals surface area contributed by atoms with E-state index in [2.05, 4.69) is 15.0 Å². The van der Waals surface area contributed by atoms with Gasteiger partial charge in [0, 0.05) is 23.7 Å². The standard InChI is InChI=1S/C9H15N3O3S2/c13-9-12-8(6-16-9)5-11-17(14,15)4-3-10-7-1-2-7/h6-7,10-11H,1-5H2,(H,12,13). The molecule has 0 unspecified atom stereocenters. The predicted molar refractivity (Wildman–Crippen MR) is 66.6 cm³/mol. The van der Waals surface area contributed by atoms with Gasteiger partial charge in [-0.25, -0.2) is 13.1 Å². The summed E-state index contributed by atoms with van der Waals surface area (Å²) in [6.45, 7) is 0.616. The van der Waals surface area contributed by atoms with Gasteiger partial charge < -0.3 is 10.3 Å². The number of thiazole rings is 1. The van der Waals surface area contributed by atoms with Crippen LogP contribution in [0.25, 0.3) is 0 Å². The lowest BCUT2D eigenvalue weighted by Gasteiger charge is -2.06. The van der Waals surface area contributed by atoms with Crippen molar-refractivity contribution in [2.24, 2.45) is 0 Å². The Kier molecular flexibility index (Phi) is 3.97.